The van der Waals surface area contributed by atoms with Crippen molar-refractivity contribution in [2.45, 2.75) is 0 Å². The number of benzene rings is 2. The Kier molecular flexibility index (Phi) is 2.11. The maximum Gasteiger partial charge on any atom is 0.150 e. The number of hydrogen-bond donors (Lipinski definition) is 1. The van der Waals surface area contributed by atoms with Gasteiger partial charge < -0.3 is 9.72 Å². The lowest BCUT2D eigenvalue weighted by Gasteiger charge is -1.98. The third-order valence-corrected chi connectivity index (χ3v) is 2.97. The van der Waals surface area contributed by atoms with Crippen molar-refractivity contribution in [1.29, 1.82) is 0 Å². The molecular formula is C14H11NO2. The molecule has 0 amide bonds. The van der Waals surface area contributed by atoms with Crippen LogP contribution in [0.3, 0.4) is 0 Å². The predicted molar refractivity (Wildman–Crippen MR) is 67.7 cm³/mol. The number of ether oxygens (including phenoxy) is 1. The summed E-state index contributed by atoms with van der Waals surface area (Å²) < 4.78 is 5.19. The first-order chi connectivity index (χ1) is 8.31. The predicted octanol–water partition coefficient (Wildman–Crippen LogP) is 3.14. The Morgan fingerprint density at radius 3 is 2.71 bits per heavy atom. The topological polar surface area (TPSA) is 42.1 Å². The zero-order chi connectivity index (χ0) is 11.8. The molecule has 0 saturated heterocycles. The SMILES string of the molecule is COc1ccc2c(c1)[nH]c1ccc(C=O)cc12. The lowest BCUT2D eigenvalue weighted by Crippen LogP contribution is -1.80. The van der Waals surface area contributed by atoms with E-state index in [0.29, 0.717) is 5.56 Å². The van der Waals surface area contributed by atoms with Gasteiger partial charge in [-0.05, 0) is 30.3 Å². The average molecular weight is 225 g/mol. The van der Waals surface area contributed by atoms with E-state index in [1.807, 2.05) is 36.4 Å². The first-order valence-electron chi connectivity index (χ1n) is 5.36. The fourth-order valence-electron chi connectivity index (χ4n) is 2.10. The normalized spacial score (nSPS) is 10.9. The molecule has 3 aromatic rings. The van der Waals surface area contributed by atoms with Crippen LogP contribution in [-0.4, -0.2) is 18.4 Å². The highest BCUT2D eigenvalue weighted by Gasteiger charge is 2.05. The number of methoxy groups -OCH3 is 1. The van der Waals surface area contributed by atoms with Crippen LogP contribution in [-0.2, 0) is 0 Å². The second kappa shape index (κ2) is 3.63. The second-order valence-electron chi connectivity index (χ2n) is 3.96. The molecule has 0 bridgehead atoms. The summed E-state index contributed by atoms with van der Waals surface area (Å²) in [6, 6.07) is 11.5. The third kappa shape index (κ3) is 1.47. The molecule has 0 spiro atoms. The van der Waals surface area contributed by atoms with E-state index in [1.54, 1.807) is 7.11 Å². The van der Waals surface area contributed by atoms with Gasteiger partial charge in [0, 0.05) is 27.9 Å². The Morgan fingerprint density at radius 2 is 1.94 bits per heavy atom. The number of carbonyl (C=O) groups excluding carboxylic acids is 1. The number of aldehydes is 1. The zero-order valence-corrected chi connectivity index (χ0v) is 9.36. The van der Waals surface area contributed by atoms with Gasteiger partial charge in [-0.25, -0.2) is 0 Å². The van der Waals surface area contributed by atoms with Crippen LogP contribution in [0.1, 0.15) is 10.4 Å². The minimum atomic E-state index is 0.689. The van der Waals surface area contributed by atoms with Crippen LogP contribution >= 0.6 is 0 Å². The molecule has 0 aliphatic heterocycles. The van der Waals surface area contributed by atoms with Crippen LogP contribution in [0, 0.1) is 0 Å². The Bertz CT molecular complexity index is 713. The monoisotopic (exact) mass is 225 g/mol. The minimum absolute atomic E-state index is 0.689. The van der Waals surface area contributed by atoms with Gasteiger partial charge >= 0.3 is 0 Å². The fourth-order valence-corrected chi connectivity index (χ4v) is 2.10. The van der Waals surface area contributed by atoms with E-state index in [9.17, 15) is 4.79 Å². The second-order valence-corrected chi connectivity index (χ2v) is 3.96. The molecule has 0 atom stereocenters. The van der Waals surface area contributed by atoms with Gasteiger partial charge in [0.1, 0.15) is 12.0 Å². The first kappa shape index (κ1) is 9.90. The van der Waals surface area contributed by atoms with E-state index in [0.717, 1.165) is 33.8 Å². The van der Waals surface area contributed by atoms with Gasteiger partial charge in [-0.2, -0.15) is 0 Å². The molecule has 0 saturated carbocycles. The van der Waals surface area contributed by atoms with Crippen molar-refractivity contribution in [1.82, 2.24) is 4.98 Å². The van der Waals surface area contributed by atoms with Crippen molar-refractivity contribution in [3.8, 4) is 5.75 Å². The highest BCUT2D eigenvalue weighted by Crippen LogP contribution is 2.28. The molecule has 3 nitrogen and oxygen atoms in total. The van der Waals surface area contributed by atoms with Crippen LogP contribution in [0.25, 0.3) is 21.8 Å². The summed E-state index contributed by atoms with van der Waals surface area (Å²) in [6.07, 6.45) is 0.863. The summed E-state index contributed by atoms with van der Waals surface area (Å²) >= 11 is 0. The Morgan fingerprint density at radius 1 is 1.06 bits per heavy atom. The average Bonchev–Trinajstić information content (AvgIpc) is 2.74. The highest BCUT2D eigenvalue weighted by molar-refractivity contribution is 6.08. The quantitative estimate of drug-likeness (QED) is 0.681. The number of nitrogens with one attached hydrogen (secondary N) is 1. The first-order valence-corrected chi connectivity index (χ1v) is 5.36. The number of fused-ring (bicyclic) bond motifs is 3. The Hall–Kier alpha value is -2.29. The molecule has 0 aliphatic carbocycles. The summed E-state index contributed by atoms with van der Waals surface area (Å²) in [4.78, 5) is 14.1. The number of H-pyrrole nitrogens is 1. The molecule has 0 unspecified atom stereocenters. The van der Waals surface area contributed by atoms with Crippen molar-refractivity contribution in [2.24, 2.45) is 0 Å². The van der Waals surface area contributed by atoms with Gasteiger partial charge in [0.2, 0.25) is 0 Å². The van der Waals surface area contributed by atoms with E-state index in [2.05, 4.69) is 4.98 Å². The molecule has 1 aromatic heterocycles. The van der Waals surface area contributed by atoms with Gasteiger partial charge in [0.15, 0.2) is 0 Å². The van der Waals surface area contributed by atoms with Gasteiger partial charge in [-0.15, -0.1) is 0 Å². The lowest BCUT2D eigenvalue weighted by atomic mass is 10.1. The van der Waals surface area contributed by atoms with Gasteiger partial charge in [0.25, 0.3) is 0 Å². The molecule has 3 rings (SSSR count). The standard InChI is InChI=1S/C14H11NO2/c1-17-10-3-4-11-12-6-9(8-16)2-5-13(12)15-14(11)7-10/h2-8,15H,1H3. The van der Waals surface area contributed by atoms with E-state index >= 15 is 0 Å². The number of aromatic amines is 1. The number of hydrogen-bond acceptors (Lipinski definition) is 2. The Balaban J connectivity index is 2.38. The molecular weight excluding hydrogens is 214 g/mol. The molecule has 3 heteroatoms. The van der Waals surface area contributed by atoms with Crippen molar-refractivity contribution < 1.29 is 9.53 Å². The van der Waals surface area contributed by atoms with Crippen LogP contribution in [0.15, 0.2) is 36.4 Å². The minimum Gasteiger partial charge on any atom is -0.497 e. The van der Waals surface area contributed by atoms with Crippen molar-refractivity contribution in [2.75, 3.05) is 7.11 Å². The summed E-state index contributed by atoms with van der Waals surface area (Å²) in [5.74, 6) is 0.819. The van der Waals surface area contributed by atoms with Gasteiger partial charge in [0.05, 0.1) is 12.6 Å². The van der Waals surface area contributed by atoms with E-state index in [4.69, 9.17) is 4.74 Å². The molecule has 0 radical (unpaired) electrons. The summed E-state index contributed by atoms with van der Waals surface area (Å²) in [5, 5.41) is 2.16. The number of carbonyl (C=O) groups is 1. The lowest BCUT2D eigenvalue weighted by molar-refractivity contribution is 0.112. The van der Waals surface area contributed by atoms with Crippen LogP contribution in [0.2, 0.25) is 0 Å². The van der Waals surface area contributed by atoms with Gasteiger partial charge in [-0.1, -0.05) is 0 Å². The molecule has 17 heavy (non-hydrogen) atoms. The number of rotatable bonds is 2. The fraction of sp³-hybridized carbons (Fsp3) is 0.0714. The van der Waals surface area contributed by atoms with Crippen LogP contribution in [0.4, 0.5) is 0 Å². The molecule has 84 valence electrons. The largest absolute Gasteiger partial charge is 0.497 e. The Labute approximate surface area is 98.0 Å². The van der Waals surface area contributed by atoms with E-state index < -0.39 is 0 Å². The summed E-state index contributed by atoms with van der Waals surface area (Å²) in [6.45, 7) is 0. The maximum atomic E-state index is 10.8. The van der Waals surface area contributed by atoms with E-state index in [1.165, 1.54) is 0 Å². The summed E-state index contributed by atoms with van der Waals surface area (Å²) in [7, 11) is 1.65. The smallest absolute Gasteiger partial charge is 0.150 e. The summed E-state index contributed by atoms with van der Waals surface area (Å²) in [5.41, 5.74) is 2.73. The van der Waals surface area contributed by atoms with E-state index in [-0.39, 0.29) is 0 Å². The third-order valence-electron chi connectivity index (χ3n) is 2.97. The van der Waals surface area contributed by atoms with Crippen LogP contribution in [0.5, 0.6) is 5.75 Å². The highest BCUT2D eigenvalue weighted by atomic mass is 16.5. The van der Waals surface area contributed by atoms with Crippen molar-refractivity contribution in [3.05, 3.63) is 42.0 Å². The van der Waals surface area contributed by atoms with Crippen molar-refractivity contribution in [3.63, 3.8) is 0 Å². The molecule has 0 fully saturated rings. The molecule has 1 heterocycles. The number of aromatic nitrogens is 1. The maximum absolute atomic E-state index is 10.8. The van der Waals surface area contributed by atoms with Crippen LogP contribution < -0.4 is 4.74 Å². The zero-order valence-electron chi connectivity index (χ0n) is 9.36. The molecule has 2 aromatic carbocycles. The van der Waals surface area contributed by atoms with Crippen molar-refractivity contribution >= 4 is 28.1 Å². The molecule has 1 N–H and O–H groups in total. The molecule has 0 aliphatic rings. The van der Waals surface area contributed by atoms with Gasteiger partial charge in [-0.3, -0.25) is 4.79 Å².